The molecule has 0 aliphatic heterocycles. The van der Waals surface area contributed by atoms with Crippen LogP contribution in [-0.2, 0) is 0 Å². The van der Waals surface area contributed by atoms with Crippen LogP contribution >= 0.6 is 0 Å². The highest BCUT2D eigenvalue weighted by molar-refractivity contribution is 5.72. The summed E-state index contributed by atoms with van der Waals surface area (Å²) in [6, 6.07) is 6.89. The predicted molar refractivity (Wildman–Crippen MR) is 67.0 cm³/mol. The molecule has 1 atom stereocenters. The SMILES string of the molecule is Cc1ccc2c(c1)C(C(C)C)=CCC2C. The molecular weight excluding hydrogens is 180 g/mol. The molecule has 0 nitrogen and oxygen atoms in total. The molecule has 0 bridgehead atoms. The molecule has 0 heteroatoms. The Bertz CT molecular complexity index is 396. The Morgan fingerprint density at radius 1 is 1.27 bits per heavy atom. The summed E-state index contributed by atoms with van der Waals surface area (Å²) >= 11 is 0. The van der Waals surface area contributed by atoms with Gasteiger partial charge in [0.05, 0.1) is 0 Å². The molecule has 15 heavy (non-hydrogen) atoms. The fourth-order valence-electron chi connectivity index (χ4n) is 2.44. The second-order valence-corrected chi connectivity index (χ2v) is 5.04. The molecule has 0 fully saturated rings. The molecule has 1 aromatic rings. The lowest BCUT2D eigenvalue weighted by atomic mass is 9.80. The number of fused-ring (bicyclic) bond motifs is 1. The lowest BCUT2D eigenvalue weighted by Gasteiger charge is -2.25. The normalized spacial score (nSPS) is 20.1. The topological polar surface area (TPSA) is 0 Å². The van der Waals surface area contributed by atoms with E-state index < -0.39 is 0 Å². The van der Waals surface area contributed by atoms with Crippen molar-refractivity contribution in [1.82, 2.24) is 0 Å². The third kappa shape index (κ3) is 1.86. The van der Waals surface area contributed by atoms with Gasteiger partial charge in [0.25, 0.3) is 0 Å². The van der Waals surface area contributed by atoms with E-state index in [4.69, 9.17) is 0 Å². The van der Waals surface area contributed by atoms with Gasteiger partial charge in [-0.05, 0) is 41.9 Å². The Kier molecular flexibility index (Phi) is 2.68. The van der Waals surface area contributed by atoms with Crippen LogP contribution in [-0.4, -0.2) is 0 Å². The molecule has 0 spiro atoms. The molecule has 1 aliphatic rings. The summed E-state index contributed by atoms with van der Waals surface area (Å²) in [5, 5.41) is 0. The molecule has 1 aromatic carbocycles. The van der Waals surface area contributed by atoms with Gasteiger partial charge in [-0.2, -0.15) is 0 Å². The zero-order valence-electron chi connectivity index (χ0n) is 10.2. The summed E-state index contributed by atoms with van der Waals surface area (Å²) in [5.41, 5.74) is 5.93. The van der Waals surface area contributed by atoms with Crippen LogP contribution < -0.4 is 0 Å². The Balaban J connectivity index is 2.55. The first-order valence-corrected chi connectivity index (χ1v) is 5.90. The highest BCUT2D eigenvalue weighted by Gasteiger charge is 2.19. The largest absolute Gasteiger partial charge is 0.0799 e. The quantitative estimate of drug-likeness (QED) is 0.624. The van der Waals surface area contributed by atoms with Crippen LogP contribution in [0.2, 0.25) is 0 Å². The van der Waals surface area contributed by atoms with Crippen molar-refractivity contribution in [3.63, 3.8) is 0 Å². The predicted octanol–water partition coefficient (Wildman–Crippen LogP) is 4.54. The average Bonchev–Trinajstić information content (AvgIpc) is 2.17. The van der Waals surface area contributed by atoms with Crippen LogP contribution in [0, 0.1) is 12.8 Å². The van der Waals surface area contributed by atoms with Crippen LogP contribution in [0.3, 0.4) is 0 Å². The fraction of sp³-hybridized carbons (Fsp3) is 0.467. The lowest BCUT2D eigenvalue weighted by molar-refractivity contribution is 0.743. The van der Waals surface area contributed by atoms with Gasteiger partial charge in [0, 0.05) is 0 Å². The smallest absolute Gasteiger partial charge is 0.0150 e. The Labute approximate surface area is 93.0 Å². The monoisotopic (exact) mass is 200 g/mol. The highest BCUT2D eigenvalue weighted by atomic mass is 14.2. The van der Waals surface area contributed by atoms with E-state index in [9.17, 15) is 0 Å². The van der Waals surface area contributed by atoms with E-state index in [1.54, 1.807) is 0 Å². The Morgan fingerprint density at radius 2 is 2.00 bits per heavy atom. The van der Waals surface area contributed by atoms with Gasteiger partial charge < -0.3 is 0 Å². The third-order valence-electron chi connectivity index (χ3n) is 3.36. The minimum Gasteiger partial charge on any atom is -0.0799 e. The summed E-state index contributed by atoms with van der Waals surface area (Å²) < 4.78 is 0. The van der Waals surface area contributed by atoms with Crippen LogP contribution in [0.15, 0.2) is 24.3 Å². The van der Waals surface area contributed by atoms with Crippen LogP contribution in [0.25, 0.3) is 5.57 Å². The number of hydrogen-bond donors (Lipinski definition) is 0. The molecule has 1 unspecified atom stereocenters. The van der Waals surface area contributed by atoms with Crippen molar-refractivity contribution in [3.8, 4) is 0 Å². The van der Waals surface area contributed by atoms with Crippen molar-refractivity contribution < 1.29 is 0 Å². The van der Waals surface area contributed by atoms with Crippen LogP contribution in [0.1, 0.15) is 49.8 Å². The molecule has 0 N–H and O–H groups in total. The summed E-state index contributed by atoms with van der Waals surface area (Å²) in [4.78, 5) is 0. The minimum absolute atomic E-state index is 0.637. The van der Waals surface area contributed by atoms with Crippen molar-refractivity contribution in [2.45, 2.75) is 40.0 Å². The zero-order chi connectivity index (χ0) is 11.0. The van der Waals surface area contributed by atoms with Gasteiger partial charge in [-0.25, -0.2) is 0 Å². The molecular formula is C15H20. The third-order valence-corrected chi connectivity index (χ3v) is 3.36. The number of benzene rings is 1. The van der Waals surface area contributed by atoms with Crippen molar-refractivity contribution in [1.29, 1.82) is 0 Å². The Hall–Kier alpha value is -1.04. The Morgan fingerprint density at radius 3 is 2.67 bits per heavy atom. The first kappa shape index (κ1) is 10.5. The van der Waals surface area contributed by atoms with E-state index in [1.165, 1.54) is 28.7 Å². The van der Waals surface area contributed by atoms with Gasteiger partial charge >= 0.3 is 0 Å². The fourth-order valence-corrected chi connectivity index (χ4v) is 2.44. The summed E-state index contributed by atoms with van der Waals surface area (Å²) in [6.45, 7) is 9.07. The van der Waals surface area contributed by atoms with E-state index in [2.05, 4.69) is 52.0 Å². The molecule has 2 rings (SSSR count). The van der Waals surface area contributed by atoms with Crippen LogP contribution in [0.5, 0.6) is 0 Å². The molecule has 0 aromatic heterocycles. The van der Waals surface area contributed by atoms with Gasteiger partial charge in [-0.15, -0.1) is 0 Å². The highest BCUT2D eigenvalue weighted by Crippen LogP contribution is 2.37. The summed E-state index contributed by atoms with van der Waals surface area (Å²) in [6.07, 6.45) is 3.63. The van der Waals surface area contributed by atoms with Crippen molar-refractivity contribution in [2.75, 3.05) is 0 Å². The zero-order valence-corrected chi connectivity index (χ0v) is 10.2. The van der Waals surface area contributed by atoms with Gasteiger partial charge in [-0.3, -0.25) is 0 Å². The first-order valence-electron chi connectivity index (χ1n) is 5.90. The molecule has 0 saturated carbocycles. The molecule has 0 radical (unpaired) electrons. The molecule has 0 amide bonds. The molecule has 0 saturated heterocycles. The minimum atomic E-state index is 0.637. The van der Waals surface area contributed by atoms with Crippen molar-refractivity contribution in [3.05, 3.63) is 41.0 Å². The number of aryl methyl sites for hydroxylation is 1. The second-order valence-electron chi connectivity index (χ2n) is 5.04. The second kappa shape index (κ2) is 3.84. The van der Waals surface area contributed by atoms with E-state index in [-0.39, 0.29) is 0 Å². The van der Waals surface area contributed by atoms with Gasteiger partial charge in [-0.1, -0.05) is 50.6 Å². The maximum Gasteiger partial charge on any atom is -0.0150 e. The number of allylic oxidation sites excluding steroid dienone is 2. The summed E-state index contributed by atoms with van der Waals surface area (Å²) in [7, 11) is 0. The van der Waals surface area contributed by atoms with E-state index in [0.717, 1.165) is 0 Å². The summed E-state index contributed by atoms with van der Waals surface area (Å²) in [5.74, 6) is 1.32. The van der Waals surface area contributed by atoms with Gasteiger partial charge in [0.1, 0.15) is 0 Å². The number of rotatable bonds is 1. The molecule has 1 aliphatic carbocycles. The number of hydrogen-bond acceptors (Lipinski definition) is 0. The van der Waals surface area contributed by atoms with E-state index in [0.29, 0.717) is 11.8 Å². The van der Waals surface area contributed by atoms with Gasteiger partial charge in [0.2, 0.25) is 0 Å². The standard InChI is InChI=1S/C15H20/c1-10(2)13-8-6-12(4)14-7-5-11(3)9-15(13)14/h5,7-10,12H,6H2,1-4H3. The van der Waals surface area contributed by atoms with E-state index in [1.807, 2.05) is 0 Å². The van der Waals surface area contributed by atoms with Crippen molar-refractivity contribution >= 4 is 5.57 Å². The maximum absolute atomic E-state index is 2.43. The lowest BCUT2D eigenvalue weighted by Crippen LogP contribution is -2.07. The average molecular weight is 200 g/mol. The van der Waals surface area contributed by atoms with Crippen molar-refractivity contribution in [2.24, 2.45) is 5.92 Å². The van der Waals surface area contributed by atoms with Crippen LogP contribution in [0.4, 0.5) is 0 Å². The molecule has 80 valence electrons. The van der Waals surface area contributed by atoms with E-state index >= 15 is 0 Å². The maximum atomic E-state index is 2.43. The molecule has 0 heterocycles. The van der Waals surface area contributed by atoms with Gasteiger partial charge in [0.15, 0.2) is 0 Å². The first-order chi connectivity index (χ1) is 7.09.